The van der Waals surface area contributed by atoms with Gasteiger partial charge in [-0.25, -0.2) is 0 Å². The highest BCUT2D eigenvalue weighted by Gasteiger charge is 2.74. The number of likely N-dealkylation sites (tertiary alicyclic amines) is 1. The Kier molecular flexibility index (Phi) is 7.88. The van der Waals surface area contributed by atoms with Crippen molar-refractivity contribution in [3.63, 3.8) is 0 Å². The van der Waals surface area contributed by atoms with Crippen LogP contribution in [0.25, 0.3) is 0 Å². The Hall–Kier alpha value is -1.80. The Balaban J connectivity index is 2.07. The lowest BCUT2D eigenvalue weighted by Gasteiger charge is -2.46. The Bertz CT molecular complexity index is 881. The Labute approximate surface area is 214 Å². The number of hydrogen-bond acceptors (Lipinski definition) is 6. The number of ether oxygens (including phenoxy) is 1. The molecule has 0 radical (unpaired) electrons. The predicted molar refractivity (Wildman–Crippen MR) is 139 cm³/mol. The summed E-state index contributed by atoms with van der Waals surface area (Å²) in [4.78, 5) is 44.8. The molecule has 0 aromatic heterocycles. The molecule has 3 aliphatic heterocycles. The molecule has 3 fully saturated rings. The molecule has 3 aliphatic rings. The summed E-state index contributed by atoms with van der Waals surface area (Å²) in [5.74, 6) is -2.00. The summed E-state index contributed by atoms with van der Waals surface area (Å²) in [6, 6.07) is -1.30. The highest BCUT2D eigenvalue weighted by atomic mass is 32.2. The van der Waals surface area contributed by atoms with E-state index in [1.165, 1.54) is 6.08 Å². The molecular formula is C27H42N2O5S. The van der Waals surface area contributed by atoms with Gasteiger partial charge in [-0.3, -0.25) is 14.4 Å². The zero-order valence-electron chi connectivity index (χ0n) is 22.1. The van der Waals surface area contributed by atoms with Crippen molar-refractivity contribution in [3.8, 4) is 0 Å². The van der Waals surface area contributed by atoms with E-state index >= 15 is 0 Å². The number of amides is 2. The van der Waals surface area contributed by atoms with Gasteiger partial charge in [0.25, 0.3) is 0 Å². The smallest absolute Gasteiger partial charge is 0.311 e. The second-order valence-corrected chi connectivity index (χ2v) is 13.6. The molecule has 0 aliphatic carbocycles. The van der Waals surface area contributed by atoms with Crippen LogP contribution in [0.2, 0.25) is 0 Å². The number of thioether (sulfide) groups is 1. The van der Waals surface area contributed by atoms with Gasteiger partial charge in [-0.15, -0.1) is 18.3 Å². The third-order valence-corrected chi connectivity index (χ3v) is 9.55. The van der Waals surface area contributed by atoms with Crippen LogP contribution in [-0.2, 0) is 19.1 Å². The molecule has 196 valence electrons. The van der Waals surface area contributed by atoms with E-state index in [9.17, 15) is 19.5 Å². The minimum atomic E-state index is -0.756. The number of fused-ring (bicyclic) bond motifs is 1. The van der Waals surface area contributed by atoms with Crippen molar-refractivity contribution in [2.45, 2.75) is 88.4 Å². The quantitative estimate of drug-likeness (QED) is 0.361. The average Bonchev–Trinajstić information content (AvgIpc) is 3.40. The van der Waals surface area contributed by atoms with Crippen LogP contribution in [0.1, 0.15) is 60.8 Å². The zero-order valence-corrected chi connectivity index (χ0v) is 22.9. The minimum Gasteiger partial charge on any atom is -0.461 e. The molecule has 0 aromatic rings. The summed E-state index contributed by atoms with van der Waals surface area (Å²) in [5.41, 5.74) is -0.507. The lowest BCUT2D eigenvalue weighted by atomic mass is 9.71. The fourth-order valence-electron chi connectivity index (χ4n) is 6.74. The molecule has 8 heteroatoms. The van der Waals surface area contributed by atoms with Crippen molar-refractivity contribution in [2.75, 3.05) is 19.8 Å². The monoisotopic (exact) mass is 506 g/mol. The lowest BCUT2D eigenvalue weighted by molar-refractivity contribution is -0.153. The molecule has 2 unspecified atom stereocenters. The van der Waals surface area contributed by atoms with Crippen molar-refractivity contribution < 1.29 is 24.2 Å². The summed E-state index contributed by atoms with van der Waals surface area (Å²) in [7, 11) is 0. The number of carbonyl (C=O) groups excluding carboxylic acids is 3. The molecule has 2 amide bonds. The molecule has 3 saturated heterocycles. The second kappa shape index (κ2) is 9.92. The van der Waals surface area contributed by atoms with Gasteiger partial charge in [0, 0.05) is 17.3 Å². The van der Waals surface area contributed by atoms with E-state index < -0.39 is 40.2 Å². The van der Waals surface area contributed by atoms with Crippen molar-refractivity contribution >= 4 is 29.5 Å². The first-order chi connectivity index (χ1) is 16.3. The summed E-state index contributed by atoms with van der Waals surface area (Å²) in [6.07, 6.45) is 5.43. The number of rotatable bonds is 10. The van der Waals surface area contributed by atoms with Gasteiger partial charge in [-0.1, -0.05) is 39.5 Å². The zero-order chi connectivity index (χ0) is 26.3. The van der Waals surface area contributed by atoms with Crippen LogP contribution in [0.15, 0.2) is 25.3 Å². The summed E-state index contributed by atoms with van der Waals surface area (Å²) in [5, 5.41) is 9.99. The fourth-order valence-corrected chi connectivity index (χ4v) is 8.93. The number of esters is 1. The summed E-state index contributed by atoms with van der Waals surface area (Å²) in [6.45, 7) is 20.0. The number of aliphatic hydroxyl groups excluding tert-OH is 1. The molecular weight excluding hydrogens is 464 g/mol. The molecule has 35 heavy (non-hydrogen) atoms. The molecule has 3 heterocycles. The van der Waals surface area contributed by atoms with E-state index in [0.717, 1.165) is 12.8 Å². The third-order valence-electron chi connectivity index (χ3n) is 7.60. The van der Waals surface area contributed by atoms with Gasteiger partial charge in [0.1, 0.15) is 12.6 Å². The van der Waals surface area contributed by atoms with E-state index in [1.807, 2.05) is 4.90 Å². The molecule has 1 spiro atoms. The van der Waals surface area contributed by atoms with Crippen LogP contribution >= 0.6 is 11.8 Å². The second-order valence-electron chi connectivity index (χ2n) is 12.0. The van der Waals surface area contributed by atoms with Gasteiger partial charge < -0.3 is 19.6 Å². The molecule has 3 rings (SSSR count). The van der Waals surface area contributed by atoms with Gasteiger partial charge in [0.05, 0.1) is 29.2 Å². The van der Waals surface area contributed by atoms with Crippen LogP contribution in [0.5, 0.6) is 0 Å². The standard InChI is InChI=1S/C27H42N2O5S/c1-9-13-28(26(7,8)16-25(4,5)6)23(32)21-27-12-11-18(35-27)19(24(33)34-14-10-2)20(27)22(31)29(21)17(3)15-30/h9-10,17-21,30H,1-2,11-16H2,3-8H3/t17-,18+,19-,20+,21?,27?/m1/s1. The maximum Gasteiger partial charge on any atom is 0.311 e. The van der Waals surface area contributed by atoms with E-state index in [0.29, 0.717) is 13.0 Å². The van der Waals surface area contributed by atoms with Gasteiger partial charge >= 0.3 is 5.97 Å². The first-order valence-electron chi connectivity index (χ1n) is 12.6. The minimum absolute atomic E-state index is 0.0197. The highest BCUT2D eigenvalue weighted by molar-refractivity contribution is 8.02. The van der Waals surface area contributed by atoms with Gasteiger partial charge in [0.2, 0.25) is 11.8 Å². The molecule has 7 nitrogen and oxygen atoms in total. The van der Waals surface area contributed by atoms with E-state index in [1.54, 1.807) is 29.7 Å². The molecule has 2 bridgehead atoms. The van der Waals surface area contributed by atoms with Crippen molar-refractivity contribution in [2.24, 2.45) is 17.3 Å². The maximum atomic E-state index is 14.5. The first-order valence-corrected chi connectivity index (χ1v) is 13.4. The van der Waals surface area contributed by atoms with Crippen LogP contribution in [0.3, 0.4) is 0 Å². The van der Waals surface area contributed by atoms with E-state index in [-0.39, 0.29) is 35.7 Å². The molecule has 1 N–H and O–H groups in total. The van der Waals surface area contributed by atoms with Crippen molar-refractivity contribution in [1.29, 1.82) is 0 Å². The number of carbonyl (C=O) groups is 3. The van der Waals surface area contributed by atoms with E-state index in [4.69, 9.17) is 4.74 Å². The van der Waals surface area contributed by atoms with Gasteiger partial charge in [-0.05, 0) is 45.4 Å². The topological polar surface area (TPSA) is 87.2 Å². The van der Waals surface area contributed by atoms with Gasteiger partial charge in [-0.2, -0.15) is 0 Å². The van der Waals surface area contributed by atoms with Crippen molar-refractivity contribution in [3.05, 3.63) is 25.3 Å². The number of nitrogens with zero attached hydrogens (tertiary/aromatic N) is 2. The van der Waals surface area contributed by atoms with Crippen LogP contribution in [-0.4, -0.2) is 80.1 Å². The first kappa shape index (κ1) is 27.8. The predicted octanol–water partition coefficient (Wildman–Crippen LogP) is 3.42. The van der Waals surface area contributed by atoms with Crippen LogP contribution in [0, 0.1) is 17.3 Å². The molecule has 0 saturated carbocycles. The third kappa shape index (κ3) is 4.80. The Morgan fingerprint density at radius 3 is 2.49 bits per heavy atom. The fraction of sp³-hybridized carbons (Fsp3) is 0.741. The summed E-state index contributed by atoms with van der Waals surface area (Å²) < 4.78 is 4.68. The normalized spacial score (nSPS) is 30.7. The Morgan fingerprint density at radius 1 is 1.29 bits per heavy atom. The SMILES string of the molecule is C=CCOC(=O)[C@@H]1[C@@H]2CCC3(S2)C(C(=O)N(CC=C)C(C)(C)CC(C)(C)C)N([C@H](C)CO)C(=O)[C@H]13. The van der Waals surface area contributed by atoms with E-state index in [2.05, 4.69) is 47.8 Å². The molecule has 6 atom stereocenters. The van der Waals surface area contributed by atoms with Crippen molar-refractivity contribution in [1.82, 2.24) is 9.80 Å². The summed E-state index contributed by atoms with van der Waals surface area (Å²) >= 11 is 1.61. The average molecular weight is 507 g/mol. The maximum absolute atomic E-state index is 14.5. The van der Waals surface area contributed by atoms with Crippen LogP contribution < -0.4 is 0 Å². The molecule has 0 aromatic carbocycles. The van der Waals surface area contributed by atoms with Crippen LogP contribution in [0.4, 0.5) is 0 Å². The number of aliphatic hydroxyl groups is 1. The van der Waals surface area contributed by atoms with Gasteiger partial charge in [0.15, 0.2) is 0 Å². The highest BCUT2D eigenvalue weighted by Crippen LogP contribution is 2.67. The number of hydrogen-bond donors (Lipinski definition) is 1. The largest absolute Gasteiger partial charge is 0.461 e. The Morgan fingerprint density at radius 2 is 1.94 bits per heavy atom. The lowest BCUT2D eigenvalue weighted by Crippen LogP contribution is -2.61.